The molecule has 0 amide bonds. The van der Waals surface area contributed by atoms with Crippen LogP contribution in [0.15, 0.2) is 18.2 Å². The number of nitriles is 1. The first-order chi connectivity index (χ1) is 8.61. The molecule has 1 heterocycles. The number of benzene rings is 1. The minimum atomic E-state index is -0.433. The predicted octanol–water partition coefficient (Wildman–Crippen LogP) is 3.02. The Labute approximate surface area is 112 Å². The van der Waals surface area contributed by atoms with Crippen LogP contribution in [0.5, 0.6) is 0 Å². The molecule has 1 aliphatic rings. The van der Waals surface area contributed by atoms with Crippen molar-refractivity contribution >= 4 is 11.8 Å². The topological polar surface area (TPSA) is 27.0 Å². The smallest absolute Gasteiger partial charge is 0.140 e. The fourth-order valence-corrected chi connectivity index (χ4v) is 3.37. The molecule has 0 bridgehead atoms. The van der Waals surface area contributed by atoms with E-state index in [9.17, 15) is 4.39 Å². The summed E-state index contributed by atoms with van der Waals surface area (Å²) in [5.74, 6) is 0.703. The largest absolute Gasteiger partial charge is 0.295 e. The maximum absolute atomic E-state index is 13.2. The van der Waals surface area contributed by atoms with Crippen LogP contribution in [0.1, 0.15) is 25.0 Å². The Hall–Kier alpha value is -1.05. The zero-order valence-electron chi connectivity index (χ0n) is 10.7. The van der Waals surface area contributed by atoms with E-state index in [-0.39, 0.29) is 5.56 Å². The molecule has 0 spiro atoms. The first-order valence-electron chi connectivity index (χ1n) is 6.16. The first-order valence-corrected chi connectivity index (χ1v) is 7.21. The summed E-state index contributed by atoms with van der Waals surface area (Å²) >= 11 is 2.00. The van der Waals surface area contributed by atoms with Gasteiger partial charge in [0.2, 0.25) is 0 Å². The van der Waals surface area contributed by atoms with Crippen molar-refractivity contribution in [1.82, 2.24) is 4.90 Å². The molecule has 0 aliphatic carbocycles. The number of thioether (sulfide) groups is 1. The van der Waals surface area contributed by atoms with Crippen LogP contribution in [-0.4, -0.2) is 28.5 Å². The van der Waals surface area contributed by atoms with Crippen LogP contribution in [-0.2, 0) is 6.54 Å². The second kappa shape index (κ2) is 5.73. The third-order valence-electron chi connectivity index (χ3n) is 3.55. The summed E-state index contributed by atoms with van der Waals surface area (Å²) in [4.78, 5) is 2.40. The molecular formula is C14H17FN2S. The highest BCUT2D eigenvalue weighted by Gasteiger charge is 2.25. The van der Waals surface area contributed by atoms with E-state index >= 15 is 0 Å². The summed E-state index contributed by atoms with van der Waals surface area (Å²) < 4.78 is 13.2. The standard InChI is InChI=1S/C14H17FN2S/c1-10-11(2)18-6-5-17(10)9-12-3-4-14(15)13(7-12)8-16/h3-4,7,10-11H,5-6,9H2,1-2H3. The molecule has 2 rings (SSSR count). The molecule has 1 aromatic carbocycles. The Kier molecular flexibility index (Phi) is 4.26. The van der Waals surface area contributed by atoms with E-state index in [1.54, 1.807) is 12.1 Å². The fourth-order valence-electron chi connectivity index (χ4n) is 2.21. The molecule has 2 atom stereocenters. The molecule has 4 heteroatoms. The van der Waals surface area contributed by atoms with Crippen LogP contribution in [0.4, 0.5) is 4.39 Å². The van der Waals surface area contributed by atoms with Gasteiger partial charge >= 0.3 is 0 Å². The van der Waals surface area contributed by atoms with Gasteiger partial charge < -0.3 is 0 Å². The Morgan fingerprint density at radius 3 is 3.00 bits per heavy atom. The van der Waals surface area contributed by atoms with Crippen molar-refractivity contribution in [2.45, 2.75) is 31.7 Å². The van der Waals surface area contributed by atoms with Gasteiger partial charge in [0.25, 0.3) is 0 Å². The maximum Gasteiger partial charge on any atom is 0.140 e. The second-order valence-corrected chi connectivity index (χ2v) is 6.20. The summed E-state index contributed by atoms with van der Waals surface area (Å²) in [6.07, 6.45) is 0. The maximum atomic E-state index is 13.2. The van der Waals surface area contributed by atoms with Gasteiger partial charge in [-0.25, -0.2) is 4.39 Å². The Bertz CT molecular complexity index is 469. The summed E-state index contributed by atoms with van der Waals surface area (Å²) in [6.45, 7) is 6.31. The van der Waals surface area contributed by atoms with Crippen molar-refractivity contribution in [3.05, 3.63) is 35.1 Å². The zero-order valence-corrected chi connectivity index (χ0v) is 11.5. The van der Waals surface area contributed by atoms with Gasteiger partial charge in [0.1, 0.15) is 11.9 Å². The fraction of sp³-hybridized carbons (Fsp3) is 0.500. The summed E-state index contributed by atoms with van der Waals surface area (Å²) in [5.41, 5.74) is 1.15. The van der Waals surface area contributed by atoms with Gasteiger partial charge in [0.05, 0.1) is 5.56 Å². The van der Waals surface area contributed by atoms with E-state index in [0.29, 0.717) is 11.3 Å². The highest BCUT2D eigenvalue weighted by molar-refractivity contribution is 8.00. The van der Waals surface area contributed by atoms with E-state index < -0.39 is 5.82 Å². The minimum absolute atomic E-state index is 0.139. The monoisotopic (exact) mass is 264 g/mol. The van der Waals surface area contributed by atoms with Gasteiger partial charge in [0, 0.05) is 30.1 Å². The van der Waals surface area contributed by atoms with Gasteiger partial charge in [-0.1, -0.05) is 13.0 Å². The van der Waals surface area contributed by atoms with Crippen molar-refractivity contribution in [3.63, 3.8) is 0 Å². The number of nitrogens with zero attached hydrogens (tertiary/aromatic N) is 2. The first kappa shape index (κ1) is 13.4. The minimum Gasteiger partial charge on any atom is -0.295 e. The van der Waals surface area contributed by atoms with Gasteiger partial charge in [-0.3, -0.25) is 4.90 Å². The molecule has 0 saturated carbocycles. The molecule has 1 saturated heterocycles. The second-order valence-electron chi connectivity index (χ2n) is 4.71. The highest BCUT2D eigenvalue weighted by atomic mass is 32.2. The summed E-state index contributed by atoms with van der Waals surface area (Å²) in [6, 6.07) is 7.23. The average molecular weight is 264 g/mol. The molecule has 0 radical (unpaired) electrons. The van der Waals surface area contributed by atoms with Crippen molar-refractivity contribution in [3.8, 4) is 6.07 Å². The number of rotatable bonds is 2. The van der Waals surface area contributed by atoms with Gasteiger partial charge in [-0.2, -0.15) is 17.0 Å². The summed E-state index contributed by atoms with van der Waals surface area (Å²) in [7, 11) is 0. The number of hydrogen-bond acceptors (Lipinski definition) is 3. The molecule has 1 fully saturated rings. The van der Waals surface area contributed by atoms with Gasteiger partial charge in [-0.15, -0.1) is 0 Å². The van der Waals surface area contributed by atoms with Crippen LogP contribution in [0.3, 0.4) is 0 Å². The summed E-state index contributed by atoms with van der Waals surface area (Å²) in [5, 5.41) is 9.46. The van der Waals surface area contributed by atoms with Crippen molar-refractivity contribution < 1.29 is 4.39 Å². The molecule has 1 aromatic rings. The molecule has 2 nitrogen and oxygen atoms in total. The van der Waals surface area contributed by atoms with Crippen LogP contribution in [0.2, 0.25) is 0 Å². The molecule has 2 unspecified atom stereocenters. The van der Waals surface area contributed by atoms with E-state index in [0.717, 1.165) is 24.4 Å². The van der Waals surface area contributed by atoms with E-state index in [1.165, 1.54) is 6.07 Å². The molecule has 0 N–H and O–H groups in total. The van der Waals surface area contributed by atoms with Crippen molar-refractivity contribution in [2.24, 2.45) is 0 Å². The van der Waals surface area contributed by atoms with E-state index in [4.69, 9.17) is 5.26 Å². The Balaban J connectivity index is 2.12. The molecule has 18 heavy (non-hydrogen) atoms. The molecular weight excluding hydrogens is 247 g/mol. The zero-order chi connectivity index (χ0) is 13.1. The quantitative estimate of drug-likeness (QED) is 0.821. The highest BCUT2D eigenvalue weighted by Crippen LogP contribution is 2.25. The lowest BCUT2D eigenvalue weighted by Gasteiger charge is -2.37. The van der Waals surface area contributed by atoms with Crippen LogP contribution in [0.25, 0.3) is 0 Å². The SMILES string of the molecule is CC1SCCN(Cc2ccc(F)c(C#N)c2)C1C. The lowest BCUT2D eigenvalue weighted by atomic mass is 10.1. The van der Waals surface area contributed by atoms with Gasteiger partial charge in [-0.05, 0) is 24.6 Å². The number of halogens is 1. The van der Waals surface area contributed by atoms with Crippen LogP contribution < -0.4 is 0 Å². The Morgan fingerprint density at radius 2 is 2.28 bits per heavy atom. The lowest BCUT2D eigenvalue weighted by molar-refractivity contribution is 0.204. The van der Waals surface area contributed by atoms with Crippen LogP contribution in [0, 0.1) is 17.1 Å². The van der Waals surface area contributed by atoms with E-state index in [1.807, 2.05) is 17.8 Å². The van der Waals surface area contributed by atoms with E-state index in [2.05, 4.69) is 18.7 Å². The average Bonchev–Trinajstić information content (AvgIpc) is 2.37. The third-order valence-corrected chi connectivity index (χ3v) is 4.89. The molecule has 0 aromatic heterocycles. The molecule has 1 aliphatic heterocycles. The number of hydrogen-bond donors (Lipinski definition) is 0. The van der Waals surface area contributed by atoms with Crippen LogP contribution >= 0.6 is 11.8 Å². The lowest BCUT2D eigenvalue weighted by Crippen LogP contribution is -2.43. The third kappa shape index (κ3) is 2.85. The normalized spacial score (nSPS) is 24.8. The van der Waals surface area contributed by atoms with Crippen molar-refractivity contribution in [2.75, 3.05) is 12.3 Å². The molecule has 96 valence electrons. The predicted molar refractivity (Wildman–Crippen MR) is 72.9 cm³/mol. The Morgan fingerprint density at radius 1 is 1.50 bits per heavy atom. The van der Waals surface area contributed by atoms with Gasteiger partial charge in [0.15, 0.2) is 0 Å². The van der Waals surface area contributed by atoms with Crippen molar-refractivity contribution in [1.29, 1.82) is 5.26 Å².